The second-order valence-electron chi connectivity index (χ2n) is 7.59. The lowest BCUT2D eigenvalue weighted by Crippen LogP contribution is -2.41. The van der Waals surface area contributed by atoms with E-state index in [1.807, 2.05) is 12.4 Å². The number of benzene rings is 1. The van der Waals surface area contributed by atoms with Crippen molar-refractivity contribution >= 4 is 11.9 Å². The molecule has 1 aromatic rings. The lowest BCUT2D eigenvalue weighted by Gasteiger charge is -2.24. The first kappa shape index (κ1) is 24.9. The van der Waals surface area contributed by atoms with Crippen LogP contribution in [0.3, 0.4) is 0 Å². The Hall–Kier alpha value is -2.13. The normalized spacial score (nSPS) is 13.1. The van der Waals surface area contributed by atoms with E-state index in [-0.39, 0.29) is 17.7 Å². The summed E-state index contributed by atoms with van der Waals surface area (Å²) in [5.41, 5.74) is 0.306. The molecule has 0 spiro atoms. The number of esters is 1. The third kappa shape index (κ3) is 9.27. The summed E-state index contributed by atoms with van der Waals surface area (Å²) in [5.74, 6) is -1.67. The van der Waals surface area contributed by atoms with Gasteiger partial charge in [0.2, 0.25) is 6.10 Å². The fraction of sp³-hybridized carbons (Fsp3) is 0.600. The molecule has 1 atom stereocenters. The van der Waals surface area contributed by atoms with Crippen LogP contribution in [0.1, 0.15) is 62.0 Å². The zero-order valence-corrected chi connectivity index (χ0v) is 17.3. The molecule has 0 aliphatic carbocycles. The summed E-state index contributed by atoms with van der Waals surface area (Å²) in [6, 6.07) is 2.93. The number of alkyl halides is 3. The SMILES string of the molecule is CCCCOC[C@@H](ONC(=O)c1cc(C)cc(C(F)(F)F)c1)C(=O)OC(C)(C)C. The fourth-order valence-electron chi connectivity index (χ4n) is 2.22. The number of unbranched alkanes of at least 4 members (excludes halogenated alkanes) is 1. The quantitative estimate of drug-likeness (QED) is 0.369. The maximum atomic E-state index is 13.0. The Morgan fingerprint density at radius 1 is 1.14 bits per heavy atom. The second-order valence-corrected chi connectivity index (χ2v) is 7.59. The molecule has 0 bridgehead atoms. The number of rotatable bonds is 9. The molecule has 0 saturated heterocycles. The van der Waals surface area contributed by atoms with Gasteiger partial charge in [0.1, 0.15) is 5.60 Å². The average Bonchev–Trinajstić information content (AvgIpc) is 2.57. The van der Waals surface area contributed by atoms with Gasteiger partial charge < -0.3 is 9.47 Å². The van der Waals surface area contributed by atoms with Crippen LogP contribution in [0.5, 0.6) is 0 Å². The molecule has 0 heterocycles. The molecule has 1 amide bonds. The number of carbonyl (C=O) groups is 2. The van der Waals surface area contributed by atoms with E-state index < -0.39 is 35.3 Å². The van der Waals surface area contributed by atoms with Crippen molar-refractivity contribution in [3.05, 3.63) is 34.9 Å². The third-order valence-corrected chi connectivity index (χ3v) is 3.54. The van der Waals surface area contributed by atoms with Crippen LogP contribution >= 0.6 is 0 Å². The molecule has 0 fully saturated rings. The summed E-state index contributed by atoms with van der Waals surface area (Å²) in [6.07, 6.45) is -4.18. The molecule has 0 aliphatic heterocycles. The van der Waals surface area contributed by atoms with Crippen molar-refractivity contribution in [1.29, 1.82) is 0 Å². The molecule has 0 aliphatic rings. The lowest BCUT2D eigenvalue weighted by molar-refractivity contribution is -0.176. The summed E-state index contributed by atoms with van der Waals surface area (Å²) < 4.78 is 49.5. The van der Waals surface area contributed by atoms with Crippen molar-refractivity contribution < 1.29 is 37.1 Å². The molecule has 0 unspecified atom stereocenters. The zero-order chi connectivity index (χ0) is 22.2. The molecule has 9 heteroatoms. The summed E-state index contributed by atoms with van der Waals surface area (Å²) in [5, 5.41) is 0. The maximum absolute atomic E-state index is 13.0. The number of hydrogen-bond acceptors (Lipinski definition) is 5. The van der Waals surface area contributed by atoms with Gasteiger partial charge in [0.15, 0.2) is 0 Å². The first-order chi connectivity index (χ1) is 13.3. The molecular weight excluding hydrogens is 391 g/mol. The van der Waals surface area contributed by atoms with E-state index in [1.54, 1.807) is 20.8 Å². The molecule has 29 heavy (non-hydrogen) atoms. The highest BCUT2D eigenvalue weighted by Crippen LogP contribution is 2.30. The predicted molar refractivity (Wildman–Crippen MR) is 100 cm³/mol. The average molecular weight is 419 g/mol. The Bertz CT molecular complexity index is 698. The smallest absolute Gasteiger partial charge is 0.416 e. The number of nitrogens with one attached hydrogen (secondary N) is 1. The summed E-state index contributed by atoms with van der Waals surface area (Å²) in [4.78, 5) is 29.7. The molecular formula is C20H28F3NO5. The van der Waals surface area contributed by atoms with Crippen LogP contribution in [-0.2, 0) is 25.3 Å². The van der Waals surface area contributed by atoms with Gasteiger partial charge in [0.05, 0.1) is 12.2 Å². The van der Waals surface area contributed by atoms with E-state index in [1.165, 1.54) is 13.0 Å². The number of halogens is 3. The van der Waals surface area contributed by atoms with E-state index in [4.69, 9.17) is 14.3 Å². The van der Waals surface area contributed by atoms with Crippen molar-refractivity contribution in [2.75, 3.05) is 13.2 Å². The summed E-state index contributed by atoms with van der Waals surface area (Å²) in [7, 11) is 0. The van der Waals surface area contributed by atoms with Crippen LogP contribution in [0.15, 0.2) is 18.2 Å². The molecule has 1 N–H and O–H groups in total. The standard InChI is InChI=1S/C20H28F3NO5/c1-6-7-8-27-12-16(18(26)28-19(3,4)5)29-24-17(25)14-9-13(2)10-15(11-14)20(21,22)23/h9-11,16H,6-8,12H2,1-5H3,(H,24,25)/t16-/m1/s1. The second kappa shape index (κ2) is 10.6. The fourth-order valence-corrected chi connectivity index (χ4v) is 2.22. The highest BCUT2D eigenvalue weighted by Gasteiger charge is 2.32. The first-order valence-corrected chi connectivity index (χ1v) is 9.29. The number of amides is 1. The predicted octanol–water partition coefficient (Wildman–Crippen LogP) is 4.20. The van der Waals surface area contributed by atoms with Crippen LogP contribution in [0, 0.1) is 6.92 Å². The van der Waals surface area contributed by atoms with Crippen LogP contribution in [0.2, 0.25) is 0 Å². The Morgan fingerprint density at radius 3 is 2.34 bits per heavy atom. The van der Waals surface area contributed by atoms with Gasteiger partial charge in [-0.3, -0.25) is 9.63 Å². The summed E-state index contributed by atoms with van der Waals surface area (Å²) in [6.45, 7) is 8.65. The van der Waals surface area contributed by atoms with Crippen LogP contribution < -0.4 is 5.48 Å². The number of aryl methyl sites for hydroxylation is 1. The van der Waals surface area contributed by atoms with Gasteiger partial charge >= 0.3 is 12.1 Å². The van der Waals surface area contributed by atoms with E-state index in [0.29, 0.717) is 12.7 Å². The minimum absolute atomic E-state index is 0.170. The Morgan fingerprint density at radius 2 is 1.79 bits per heavy atom. The highest BCUT2D eigenvalue weighted by molar-refractivity contribution is 5.94. The zero-order valence-electron chi connectivity index (χ0n) is 17.3. The van der Waals surface area contributed by atoms with Gasteiger partial charge in [-0.1, -0.05) is 13.3 Å². The molecule has 0 aromatic heterocycles. The topological polar surface area (TPSA) is 73.9 Å². The molecule has 0 saturated carbocycles. The van der Waals surface area contributed by atoms with E-state index in [2.05, 4.69) is 0 Å². The van der Waals surface area contributed by atoms with Crippen LogP contribution in [-0.4, -0.2) is 36.8 Å². The molecule has 6 nitrogen and oxygen atoms in total. The summed E-state index contributed by atoms with van der Waals surface area (Å²) >= 11 is 0. The van der Waals surface area contributed by atoms with Crippen LogP contribution in [0.25, 0.3) is 0 Å². The van der Waals surface area contributed by atoms with Crippen molar-refractivity contribution in [2.24, 2.45) is 0 Å². The van der Waals surface area contributed by atoms with Gasteiger partial charge in [0.25, 0.3) is 5.91 Å². The third-order valence-electron chi connectivity index (χ3n) is 3.54. The lowest BCUT2D eigenvalue weighted by atomic mass is 10.1. The molecule has 1 aromatic carbocycles. The highest BCUT2D eigenvalue weighted by atomic mass is 19.4. The van der Waals surface area contributed by atoms with E-state index >= 15 is 0 Å². The Kier molecular flexibility index (Phi) is 9.10. The largest absolute Gasteiger partial charge is 0.458 e. The minimum atomic E-state index is -4.59. The minimum Gasteiger partial charge on any atom is -0.458 e. The van der Waals surface area contributed by atoms with Crippen molar-refractivity contribution in [3.8, 4) is 0 Å². The van der Waals surface area contributed by atoms with Crippen molar-refractivity contribution in [3.63, 3.8) is 0 Å². The van der Waals surface area contributed by atoms with Gasteiger partial charge in [-0.05, 0) is 57.9 Å². The van der Waals surface area contributed by atoms with Gasteiger partial charge in [-0.2, -0.15) is 13.2 Å². The monoisotopic (exact) mass is 419 g/mol. The number of carbonyl (C=O) groups excluding carboxylic acids is 2. The first-order valence-electron chi connectivity index (χ1n) is 9.29. The van der Waals surface area contributed by atoms with Gasteiger partial charge in [0, 0.05) is 12.2 Å². The maximum Gasteiger partial charge on any atom is 0.416 e. The Labute approximate surface area is 168 Å². The molecule has 164 valence electrons. The van der Waals surface area contributed by atoms with Crippen LogP contribution in [0.4, 0.5) is 13.2 Å². The van der Waals surface area contributed by atoms with E-state index in [0.717, 1.165) is 18.9 Å². The van der Waals surface area contributed by atoms with Crippen molar-refractivity contribution in [2.45, 2.75) is 65.3 Å². The number of hydrogen-bond donors (Lipinski definition) is 1. The van der Waals surface area contributed by atoms with Gasteiger partial charge in [-0.25, -0.2) is 10.3 Å². The Balaban J connectivity index is 2.85. The number of hydroxylamine groups is 1. The molecule has 0 radical (unpaired) electrons. The van der Waals surface area contributed by atoms with Crippen molar-refractivity contribution in [1.82, 2.24) is 5.48 Å². The number of ether oxygens (including phenoxy) is 2. The molecule has 1 rings (SSSR count). The van der Waals surface area contributed by atoms with E-state index in [9.17, 15) is 22.8 Å². The van der Waals surface area contributed by atoms with Gasteiger partial charge in [-0.15, -0.1) is 0 Å².